The van der Waals surface area contributed by atoms with E-state index in [1.807, 2.05) is 30.3 Å². The van der Waals surface area contributed by atoms with Crippen molar-refractivity contribution in [3.05, 3.63) is 63.6 Å². The van der Waals surface area contributed by atoms with E-state index >= 15 is 0 Å². The third-order valence-corrected chi connectivity index (χ3v) is 5.31. The number of nitriles is 1. The Labute approximate surface area is 169 Å². The number of rotatable bonds is 4. The molecule has 0 aromatic heterocycles. The highest BCUT2D eigenvalue weighted by Gasteiger charge is 2.13. The second kappa shape index (κ2) is 8.94. The van der Waals surface area contributed by atoms with Gasteiger partial charge in [0, 0.05) is 18.8 Å². The van der Waals surface area contributed by atoms with Gasteiger partial charge in [0.2, 0.25) is 0 Å². The third-order valence-electron chi connectivity index (χ3n) is 4.49. The quantitative estimate of drug-likeness (QED) is 0.542. The summed E-state index contributed by atoms with van der Waals surface area (Å²) >= 11 is 12.0. The molecule has 27 heavy (non-hydrogen) atoms. The summed E-state index contributed by atoms with van der Waals surface area (Å²) in [5, 5.41) is 12.6. The molecule has 2 aromatic rings. The van der Waals surface area contributed by atoms with E-state index < -0.39 is 5.91 Å². The molecule has 0 atom stereocenters. The molecular formula is C21H19Cl2N3O. The zero-order chi connectivity index (χ0) is 19.2. The van der Waals surface area contributed by atoms with E-state index in [1.165, 1.54) is 24.9 Å². The Kier molecular flexibility index (Phi) is 6.39. The summed E-state index contributed by atoms with van der Waals surface area (Å²) in [5.74, 6) is -0.526. The van der Waals surface area contributed by atoms with Gasteiger partial charge in [0.1, 0.15) is 11.6 Å². The van der Waals surface area contributed by atoms with Crippen LogP contribution in [0.5, 0.6) is 0 Å². The summed E-state index contributed by atoms with van der Waals surface area (Å²) in [7, 11) is 0. The zero-order valence-electron chi connectivity index (χ0n) is 14.7. The topological polar surface area (TPSA) is 56.1 Å². The van der Waals surface area contributed by atoms with Crippen LogP contribution in [-0.2, 0) is 4.79 Å². The third kappa shape index (κ3) is 4.82. The number of nitrogens with zero attached hydrogens (tertiary/aromatic N) is 2. The van der Waals surface area contributed by atoms with Gasteiger partial charge in [-0.3, -0.25) is 4.79 Å². The van der Waals surface area contributed by atoms with Gasteiger partial charge in [-0.1, -0.05) is 41.4 Å². The van der Waals surface area contributed by atoms with Crippen LogP contribution in [0.4, 0.5) is 11.4 Å². The van der Waals surface area contributed by atoms with Gasteiger partial charge in [0.25, 0.3) is 5.91 Å². The number of anilines is 2. The van der Waals surface area contributed by atoms with Gasteiger partial charge in [-0.15, -0.1) is 0 Å². The molecule has 4 nitrogen and oxygen atoms in total. The normalized spacial score (nSPS) is 14.6. The average molecular weight is 400 g/mol. The molecule has 1 N–H and O–H groups in total. The first kappa shape index (κ1) is 19.3. The van der Waals surface area contributed by atoms with Crippen molar-refractivity contribution in [3.63, 3.8) is 0 Å². The molecule has 1 saturated heterocycles. The first-order chi connectivity index (χ1) is 13.1. The molecule has 138 valence electrons. The van der Waals surface area contributed by atoms with E-state index in [1.54, 1.807) is 24.3 Å². The van der Waals surface area contributed by atoms with Crippen molar-refractivity contribution in [1.82, 2.24) is 0 Å². The number of nitrogens with one attached hydrogen (secondary N) is 1. The minimum atomic E-state index is -0.526. The van der Waals surface area contributed by atoms with Crippen molar-refractivity contribution in [2.24, 2.45) is 0 Å². The Bertz CT molecular complexity index is 895. The maximum Gasteiger partial charge on any atom is 0.266 e. The summed E-state index contributed by atoms with van der Waals surface area (Å²) in [4.78, 5) is 14.8. The van der Waals surface area contributed by atoms with Gasteiger partial charge in [0.15, 0.2) is 0 Å². The summed E-state index contributed by atoms with van der Waals surface area (Å²) in [6, 6.07) is 14.8. The highest BCUT2D eigenvalue weighted by atomic mass is 35.5. The number of piperidine rings is 1. The van der Waals surface area contributed by atoms with Crippen LogP contribution in [0.25, 0.3) is 6.08 Å². The Balaban J connectivity index is 1.74. The lowest BCUT2D eigenvalue weighted by Gasteiger charge is -2.28. The number of halogens is 2. The van der Waals surface area contributed by atoms with Gasteiger partial charge in [-0.25, -0.2) is 0 Å². The second-order valence-corrected chi connectivity index (χ2v) is 7.15. The maximum atomic E-state index is 12.4. The number of carbonyl (C=O) groups is 1. The van der Waals surface area contributed by atoms with E-state index in [9.17, 15) is 10.1 Å². The fraction of sp³-hybridized carbons (Fsp3) is 0.238. The molecule has 6 heteroatoms. The van der Waals surface area contributed by atoms with Crippen molar-refractivity contribution in [3.8, 4) is 6.07 Å². The first-order valence-electron chi connectivity index (χ1n) is 8.80. The van der Waals surface area contributed by atoms with Crippen molar-refractivity contribution < 1.29 is 4.79 Å². The molecule has 1 heterocycles. The Hall–Kier alpha value is -2.48. The van der Waals surface area contributed by atoms with Gasteiger partial charge in [0.05, 0.1) is 15.7 Å². The zero-order valence-corrected chi connectivity index (χ0v) is 16.2. The smallest absolute Gasteiger partial charge is 0.266 e. The molecule has 2 aromatic carbocycles. The molecule has 0 spiro atoms. The van der Waals surface area contributed by atoms with Gasteiger partial charge in [-0.05, 0) is 55.2 Å². The average Bonchev–Trinajstić information content (AvgIpc) is 2.70. The summed E-state index contributed by atoms with van der Waals surface area (Å²) in [6.07, 6.45) is 5.28. The Morgan fingerprint density at radius 2 is 1.78 bits per heavy atom. The van der Waals surface area contributed by atoms with Gasteiger partial charge >= 0.3 is 0 Å². The molecule has 0 saturated carbocycles. The minimum Gasteiger partial charge on any atom is -0.372 e. The maximum absolute atomic E-state index is 12.4. The van der Waals surface area contributed by atoms with Crippen molar-refractivity contribution in [2.75, 3.05) is 23.3 Å². The second-order valence-electron chi connectivity index (χ2n) is 6.36. The standard InChI is InChI=1S/C21H19Cl2N3O/c22-18-5-4-6-19(20(18)23)25-21(27)16(14-24)13-15-7-9-17(10-8-15)26-11-2-1-3-12-26/h4-10,13H,1-3,11-12H2,(H,25,27)/b16-13+. The van der Waals surface area contributed by atoms with Gasteiger partial charge in [-0.2, -0.15) is 5.26 Å². The number of carbonyl (C=O) groups excluding carboxylic acids is 1. The van der Waals surface area contributed by atoms with Crippen LogP contribution in [0.1, 0.15) is 24.8 Å². The van der Waals surface area contributed by atoms with Gasteiger partial charge < -0.3 is 10.2 Å². The van der Waals surface area contributed by atoms with Crippen LogP contribution < -0.4 is 10.2 Å². The van der Waals surface area contributed by atoms with Crippen LogP contribution in [-0.4, -0.2) is 19.0 Å². The molecule has 0 unspecified atom stereocenters. The fourth-order valence-electron chi connectivity index (χ4n) is 3.04. The number of hydrogen-bond donors (Lipinski definition) is 1. The largest absolute Gasteiger partial charge is 0.372 e. The number of hydrogen-bond acceptors (Lipinski definition) is 3. The summed E-state index contributed by atoms with van der Waals surface area (Å²) < 4.78 is 0. The molecule has 1 aliphatic rings. The van der Waals surface area contributed by atoms with Crippen molar-refractivity contribution >= 4 is 46.6 Å². The lowest BCUT2D eigenvalue weighted by Crippen LogP contribution is -2.29. The van der Waals surface area contributed by atoms with Crippen LogP contribution in [0, 0.1) is 11.3 Å². The lowest BCUT2D eigenvalue weighted by molar-refractivity contribution is -0.112. The molecule has 0 aliphatic carbocycles. The summed E-state index contributed by atoms with van der Waals surface area (Å²) in [5.41, 5.74) is 2.33. The van der Waals surface area contributed by atoms with E-state index in [2.05, 4.69) is 10.2 Å². The predicted molar refractivity (Wildman–Crippen MR) is 111 cm³/mol. The lowest BCUT2D eigenvalue weighted by atomic mass is 10.1. The van der Waals surface area contributed by atoms with Crippen LogP contribution in [0.15, 0.2) is 48.0 Å². The Morgan fingerprint density at radius 1 is 1.07 bits per heavy atom. The van der Waals surface area contributed by atoms with Crippen molar-refractivity contribution in [1.29, 1.82) is 5.26 Å². The van der Waals surface area contributed by atoms with Crippen LogP contribution in [0.3, 0.4) is 0 Å². The highest BCUT2D eigenvalue weighted by Crippen LogP contribution is 2.30. The molecule has 1 aliphatic heterocycles. The van der Waals surface area contributed by atoms with E-state index in [-0.39, 0.29) is 10.6 Å². The monoisotopic (exact) mass is 399 g/mol. The van der Waals surface area contributed by atoms with E-state index in [4.69, 9.17) is 23.2 Å². The van der Waals surface area contributed by atoms with E-state index in [0.29, 0.717) is 10.7 Å². The molecule has 1 fully saturated rings. The fourth-order valence-corrected chi connectivity index (χ4v) is 3.39. The minimum absolute atomic E-state index is 0.00300. The predicted octanol–water partition coefficient (Wildman–Crippen LogP) is 5.53. The number of amides is 1. The highest BCUT2D eigenvalue weighted by molar-refractivity contribution is 6.44. The molecule has 0 bridgehead atoms. The number of benzene rings is 2. The van der Waals surface area contributed by atoms with Crippen LogP contribution in [0.2, 0.25) is 10.0 Å². The summed E-state index contributed by atoms with van der Waals surface area (Å²) in [6.45, 7) is 2.14. The molecule has 1 amide bonds. The molecule has 3 rings (SSSR count). The SMILES string of the molecule is N#C/C(=C\c1ccc(N2CCCCC2)cc1)C(=O)Nc1cccc(Cl)c1Cl. The van der Waals surface area contributed by atoms with Crippen molar-refractivity contribution in [2.45, 2.75) is 19.3 Å². The van der Waals surface area contributed by atoms with E-state index in [0.717, 1.165) is 18.7 Å². The first-order valence-corrected chi connectivity index (χ1v) is 9.56. The Morgan fingerprint density at radius 3 is 2.44 bits per heavy atom. The van der Waals surface area contributed by atoms with Crippen LogP contribution >= 0.6 is 23.2 Å². The molecular weight excluding hydrogens is 381 g/mol. The molecule has 0 radical (unpaired) electrons.